The second kappa shape index (κ2) is 9.57. The van der Waals surface area contributed by atoms with Gasteiger partial charge in [-0.1, -0.05) is 45.0 Å². The summed E-state index contributed by atoms with van der Waals surface area (Å²) in [5.41, 5.74) is 2.89. The summed E-state index contributed by atoms with van der Waals surface area (Å²) in [6.45, 7) is 7.01. The molecule has 2 aromatic carbocycles. The van der Waals surface area contributed by atoms with Gasteiger partial charge >= 0.3 is 0 Å². The number of carbonyl (C=O) groups is 3. The number of para-hydroxylation sites is 1. The van der Waals surface area contributed by atoms with E-state index >= 15 is 0 Å². The molecule has 158 valence electrons. The number of hydrogen-bond acceptors (Lipinski definition) is 3. The molecule has 0 unspecified atom stereocenters. The number of amides is 3. The van der Waals surface area contributed by atoms with Crippen molar-refractivity contribution in [3.05, 3.63) is 59.7 Å². The maximum atomic E-state index is 12.9. The summed E-state index contributed by atoms with van der Waals surface area (Å²) in [5, 5.41) is 5.73. The van der Waals surface area contributed by atoms with Gasteiger partial charge in [0.2, 0.25) is 11.8 Å². The third-order valence-corrected chi connectivity index (χ3v) is 5.25. The van der Waals surface area contributed by atoms with Crippen LogP contribution in [0.15, 0.2) is 48.5 Å². The summed E-state index contributed by atoms with van der Waals surface area (Å²) in [6, 6.07) is 14.8. The first kappa shape index (κ1) is 21.6. The number of carbonyl (C=O) groups excluding carboxylic acids is 3. The zero-order chi connectivity index (χ0) is 21.7. The summed E-state index contributed by atoms with van der Waals surface area (Å²) >= 11 is 0. The number of aryl methyl sites for hydroxylation is 1. The Hall–Kier alpha value is -3.15. The number of anilines is 2. The largest absolute Gasteiger partial charge is 0.352 e. The quantitative estimate of drug-likeness (QED) is 0.736. The van der Waals surface area contributed by atoms with Crippen LogP contribution in [0.25, 0.3) is 0 Å². The van der Waals surface area contributed by atoms with Crippen molar-refractivity contribution in [1.29, 1.82) is 0 Å². The highest BCUT2D eigenvalue weighted by Gasteiger charge is 2.35. The molecule has 1 aliphatic rings. The van der Waals surface area contributed by atoms with Gasteiger partial charge in [0.25, 0.3) is 5.91 Å². The second-order valence-corrected chi connectivity index (χ2v) is 8.06. The molecule has 1 saturated heterocycles. The van der Waals surface area contributed by atoms with Crippen LogP contribution in [0.2, 0.25) is 0 Å². The van der Waals surface area contributed by atoms with Crippen molar-refractivity contribution in [3.8, 4) is 0 Å². The Morgan fingerprint density at radius 2 is 1.80 bits per heavy atom. The van der Waals surface area contributed by atoms with Crippen molar-refractivity contribution >= 4 is 29.1 Å². The fourth-order valence-corrected chi connectivity index (χ4v) is 3.46. The minimum atomic E-state index is -0.463. The molecule has 3 amide bonds. The lowest BCUT2D eigenvalue weighted by molar-refractivity contribution is -0.122. The minimum Gasteiger partial charge on any atom is -0.352 e. The highest BCUT2D eigenvalue weighted by molar-refractivity contribution is 6.07. The molecule has 30 heavy (non-hydrogen) atoms. The topological polar surface area (TPSA) is 78.5 Å². The number of nitrogens with zero attached hydrogens (tertiary/aromatic N) is 1. The van der Waals surface area contributed by atoms with Gasteiger partial charge in [0.15, 0.2) is 0 Å². The lowest BCUT2D eigenvalue weighted by atomic mass is 10.1. The van der Waals surface area contributed by atoms with E-state index in [1.54, 1.807) is 29.2 Å². The number of nitrogens with one attached hydrogen (secondary N) is 2. The predicted molar refractivity (Wildman–Crippen MR) is 119 cm³/mol. The van der Waals surface area contributed by atoms with E-state index in [0.29, 0.717) is 30.3 Å². The van der Waals surface area contributed by atoms with E-state index in [9.17, 15) is 14.4 Å². The van der Waals surface area contributed by atoms with E-state index in [4.69, 9.17) is 0 Å². The minimum absolute atomic E-state index is 0.0673. The summed E-state index contributed by atoms with van der Waals surface area (Å²) < 4.78 is 0. The Kier molecular flexibility index (Phi) is 6.87. The predicted octanol–water partition coefficient (Wildman–Crippen LogP) is 3.63. The summed E-state index contributed by atoms with van der Waals surface area (Å²) in [5.74, 6) is -0.671. The van der Waals surface area contributed by atoms with Gasteiger partial charge in [-0.3, -0.25) is 14.4 Å². The van der Waals surface area contributed by atoms with Crippen molar-refractivity contribution in [2.75, 3.05) is 23.3 Å². The smallest absolute Gasteiger partial charge is 0.253 e. The molecule has 0 spiro atoms. The SMILES string of the molecule is CCc1ccc(N2C[C@H](C(=O)Nc3ccccc3C(=O)NCC(C)C)CC2=O)cc1. The third kappa shape index (κ3) is 5.06. The standard InChI is InChI=1S/C24H29N3O3/c1-4-17-9-11-19(12-10-17)27-15-18(13-22(27)28)23(29)26-21-8-6-5-7-20(21)24(30)25-14-16(2)3/h5-12,16,18H,4,13-15H2,1-3H3,(H,25,30)(H,26,29)/t18-/m1/s1. The zero-order valence-corrected chi connectivity index (χ0v) is 17.8. The van der Waals surface area contributed by atoms with E-state index in [2.05, 4.69) is 17.6 Å². The molecule has 0 aliphatic carbocycles. The van der Waals surface area contributed by atoms with Gasteiger partial charge < -0.3 is 15.5 Å². The molecule has 1 atom stereocenters. The van der Waals surface area contributed by atoms with Crippen LogP contribution in [0.5, 0.6) is 0 Å². The van der Waals surface area contributed by atoms with Crippen LogP contribution in [0.4, 0.5) is 11.4 Å². The zero-order valence-electron chi connectivity index (χ0n) is 17.8. The summed E-state index contributed by atoms with van der Waals surface area (Å²) in [6.07, 6.45) is 1.09. The van der Waals surface area contributed by atoms with Crippen molar-refractivity contribution in [3.63, 3.8) is 0 Å². The van der Waals surface area contributed by atoms with E-state index in [1.165, 1.54) is 5.56 Å². The molecule has 0 radical (unpaired) electrons. The van der Waals surface area contributed by atoms with E-state index in [-0.39, 0.29) is 24.1 Å². The fraction of sp³-hybridized carbons (Fsp3) is 0.375. The first-order valence-corrected chi connectivity index (χ1v) is 10.5. The van der Waals surface area contributed by atoms with Crippen LogP contribution in [-0.2, 0) is 16.0 Å². The molecule has 2 aromatic rings. The van der Waals surface area contributed by atoms with E-state index in [1.807, 2.05) is 38.1 Å². The molecule has 2 N–H and O–H groups in total. The Morgan fingerprint density at radius 1 is 1.10 bits per heavy atom. The van der Waals surface area contributed by atoms with E-state index < -0.39 is 5.92 Å². The number of hydrogen-bond donors (Lipinski definition) is 2. The molecule has 1 aliphatic heterocycles. The van der Waals surface area contributed by atoms with Gasteiger partial charge in [-0.05, 0) is 42.2 Å². The molecule has 6 heteroatoms. The Labute approximate surface area is 177 Å². The van der Waals surface area contributed by atoms with Gasteiger partial charge in [-0.15, -0.1) is 0 Å². The molecular weight excluding hydrogens is 378 g/mol. The average Bonchev–Trinajstić information content (AvgIpc) is 3.14. The molecule has 0 aromatic heterocycles. The number of benzene rings is 2. The number of rotatable bonds is 7. The second-order valence-electron chi connectivity index (χ2n) is 8.06. The van der Waals surface area contributed by atoms with Crippen molar-refractivity contribution in [1.82, 2.24) is 5.32 Å². The Balaban J connectivity index is 1.68. The normalized spacial score (nSPS) is 16.1. The average molecular weight is 408 g/mol. The van der Waals surface area contributed by atoms with Crippen LogP contribution in [0, 0.1) is 11.8 Å². The first-order chi connectivity index (χ1) is 14.4. The van der Waals surface area contributed by atoms with Crippen LogP contribution in [0.3, 0.4) is 0 Å². The van der Waals surface area contributed by atoms with Gasteiger partial charge in [-0.2, -0.15) is 0 Å². The van der Waals surface area contributed by atoms with Crippen LogP contribution >= 0.6 is 0 Å². The van der Waals surface area contributed by atoms with Crippen LogP contribution < -0.4 is 15.5 Å². The molecule has 1 heterocycles. The van der Waals surface area contributed by atoms with Crippen molar-refractivity contribution in [2.45, 2.75) is 33.6 Å². The van der Waals surface area contributed by atoms with Gasteiger partial charge in [0.1, 0.15) is 0 Å². The maximum Gasteiger partial charge on any atom is 0.253 e. The molecule has 0 bridgehead atoms. The van der Waals surface area contributed by atoms with E-state index in [0.717, 1.165) is 12.1 Å². The molecule has 0 saturated carbocycles. The lowest BCUT2D eigenvalue weighted by Gasteiger charge is -2.17. The van der Waals surface area contributed by atoms with Gasteiger partial charge in [0, 0.05) is 25.2 Å². The van der Waals surface area contributed by atoms with Crippen LogP contribution in [0.1, 0.15) is 43.1 Å². The molecular formula is C24H29N3O3. The third-order valence-electron chi connectivity index (χ3n) is 5.25. The van der Waals surface area contributed by atoms with Crippen LogP contribution in [-0.4, -0.2) is 30.8 Å². The monoisotopic (exact) mass is 407 g/mol. The van der Waals surface area contributed by atoms with Gasteiger partial charge in [-0.25, -0.2) is 0 Å². The maximum absolute atomic E-state index is 12.9. The van der Waals surface area contributed by atoms with Crippen molar-refractivity contribution < 1.29 is 14.4 Å². The van der Waals surface area contributed by atoms with Crippen molar-refractivity contribution in [2.24, 2.45) is 11.8 Å². The summed E-state index contributed by atoms with van der Waals surface area (Å²) in [7, 11) is 0. The Morgan fingerprint density at radius 3 is 2.47 bits per heavy atom. The molecule has 1 fully saturated rings. The highest BCUT2D eigenvalue weighted by atomic mass is 16.2. The fourth-order valence-electron chi connectivity index (χ4n) is 3.46. The first-order valence-electron chi connectivity index (χ1n) is 10.5. The van der Waals surface area contributed by atoms with Gasteiger partial charge in [0.05, 0.1) is 17.2 Å². The molecule has 3 rings (SSSR count). The highest BCUT2D eigenvalue weighted by Crippen LogP contribution is 2.27. The molecule has 6 nitrogen and oxygen atoms in total. The summed E-state index contributed by atoms with van der Waals surface area (Å²) in [4.78, 5) is 39.5. The Bertz CT molecular complexity index is 922. The lowest BCUT2D eigenvalue weighted by Crippen LogP contribution is -2.30.